The molecule has 0 saturated carbocycles. The fourth-order valence-corrected chi connectivity index (χ4v) is 4.83. The van der Waals surface area contributed by atoms with E-state index in [1.54, 1.807) is 18.3 Å². The van der Waals surface area contributed by atoms with Gasteiger partial charge in [-0.25, -0.2) is 0 Å². The third kappa shape index (κ3) is 5.99. The summed E-state index contributed by atoms with van der Waals surface area (Å²) in [7, 11) is -4.05. The highest BCUT2D eigenvalue weighted by Gasteiger charge is 2.22. The Bertz CT molecular complexity index is 1230. The van der Waals surface area contributed by atoms with Gasteiger partial charge in [0.25, 0.3) is 0 Å². The second kappa shape index (κ2) is 10.0. The quantitative estimate of drug-likeness (QED) is 0.186. The lowest BCUT2D eigenvalue weighted by atomic mass is 10.1. The molecule has 0 amide bonds. The monoisotopic (exact) mass is 569 g/mol. The molecule has 0 aliphatic carbocycles. The molecule has 3 aromatic rings. The molecule has 162 valence electrons. The van der Waals surface area contributed by atoms with Crippen LogP contribution in [0.25, 0.3) is 0 Å². The molecule has 5 nitrogen and oxygen atoms in total. The lowest BCUT2D eigenvalue weighted by Gasteiger charge is -2.14. The summed E-state index contributed by atoms with van der Waals surface area (Å²) in [6.45, 7) is 6.22. The molecule has 0 fully saturated rings. The predicted octanol–water partition coefficient (Wildman–Crippen LogP) is 6.48. The van der Waals surface area contributed by atoms with Crippen molar-refractivity contribution in [3.63, 3.8) is 0 Å². The van der Waals surface area contributed by atoms with Crippen LogP contribution < -0.4 is 8.92 Å². The first-order valence-corrected chi connectivity index (χ1v) is 12.3. The molecule has 0 aromatic heterocycles. The number of hydrogen-bond donors (Lipinski definition) is 0. The number of aryl methyl sites for hydroxylation is 2. The number of halogens is 2. The Labute approximate surface area is 201 Å². The zero-order valence-electron chi connectivity index (χ0n) is 17.2. The van der Waals surface area contributed by atoms with Crippen LogP contribution in [-0.4, -0.2) is 21.2 Å². The standard InChI is InChI=1S/C23H21ClINO4S/c1-4-29-22-13-17(14-26-21-10-5-15(2)11-16(21)3)12-20(25)23(22)30-31(27,28)19-8-6-18(24)7-9-19/h5-14H,4H2,1-3H3. The van der Waals surface area contributed by atoms with E-state index in [4.69, 9.17) is 20.5 Å². The van der Waals surface area contributed by atoms with Gasteiger partial charge in [0.2, 0.25) is 0 Å². The Morgan fingerprint density at radius 1 is 1.06 bits per heavy atom. The molecule has 0 N–H and O–H groups in total. The minimum atomic E-state index is -4.05. The zero-order valence-corrected chi connectivity index (χ0v) is 21.0. The zero-order chi connectivity index (χ0) is 22.6. The summed E-state index contributed by atoms with van der Waals surface area (Å²) < 4.78 is 37.2. The maximum atomic E-state index is 12.7. The molecule has 3 aromatic carbocycles. The highest BCUT2D eigenvalue weighted by Crippen LogP contribution is 2.36. The molecule has 0 aliphatic heterocycles. The summed E-state index contributed by atoms with van der Waals surface area (Å²) in [6.07, 6.45) is 1.72. The summed E-state index contributed by atoms with van der Waals surface area (Å²) in [6, 6.07) is 15.3. The molecule has 8 heteroatoms. The number of nitrogens with zero attached hydrogens (tertiary/aromatic N) is 1. The summed E-state index contributed by atoms with van der Waals surface area (Å²) in [5.41, 5.74) is 3.88. The summed E-state index contributed by atoms with van der Waals surface area (Å²) in [5.74, 6) is 0.468. The van der Waals surface area contributed by atoms with Crippen LogP contribution in [0.4, 0.5) is 5.69 Å². The SMILES string of the molecule is CCOc1cc(C=Nc2ccc(C)cc2C)cc(I)c1OS(=O)(=O)c1ccc(Cl)cc1. The van der Waals surface area contributed by atoms with Crippen molar-refractivity contribution in [1.82, 2.24) is 0 Å². The molecular formula is C23H21ClINO4S. The fourth-order valence-electron chi connectivity index (χ4n) is 2.86. The van der Waals surface area contributed by atoms with Crippen molar-refractivity contribution in [2.75, 3.05) is 6.61 Å². The van der Waals surface area contributed by atoms with Gasteiger partial charge >= 0.3 is 10.1 Å². The van der Waals surface area contributed by atoms with E-state index in [9.17, 15) is 8.42 Å². The first-order chi connectivity index (χ1) is 14.7. The topological polar surface area (TPSA) is 65.0 Å². The highest BCUT2D eigenvalue weighted by atomic mass is 127. The summed E-state index contributed by atoms with van der Waals surface area (Å²) in [4.78, 5) is 4.57. The molecule has 0 atom stereocenters. The van der Waals surface area contributed by atoms with E-state index >= 15 is 0 Å². The summed E-state index contributed by atoms with van der Waals surface area (Å²) in [5, 5.41) is 0.441. The van der Waals surface area contributed by atoms with Crippen molar-refractivity contribution in [3.05, 3.63) is 79.9 Å². The molecule has 0 bridgehead atoms. The van der Waals surface area contributed by atoms with Crippen molar-refractivity contribution < 1.29 is 17.3 Å². The largest absolute Gasteiger partial charge is 0.490 e. The van der Waals surface area contributed by atoms with E-state index < -0.39 is 10.1 Å². The number of aliphatic imine (C=N–C) groups is 1. The van der Waals surface area contributed by atoms with Crippen molar-refractivity contribution in [2.45, 2.75) is 25.7 Å². The smallest absolute Gasteiger partial charge is 0.339 e. The number of benzene rings is 3. The number of ether oxygens (including phenoxy) is 1. The van der Waals surface area contributed by atoms with E-state index in [1.807, 2.05) is 55.5 Å². The van der Waals surface area contributed by atoms with Crippen LogP contribution in [0.3, 0.4) is 0 Å². The van der Waals surface area contributed by atoms with Gasteiger partial charge < -0.3 is 8.92 Å². The van der Waals surface area contributed by atoms with E-state index in [0.717, 1.165) is 16.8 Å². The highest BCUT2D eigenvalue weighted by molar-refractivity contribution is 14.1. The van der Waals surface area contributed by atoms with Gasteiger partial charge in [-0.05, 0) is 97.0 Å². The van der Waals surface area contributed by atoms with Gasteiger partial charge in [-0.3, -0.25) is 4.99 Å². The van der Waals surface area contributed by atoms with Crippen LogP contribution in [0, 0.1) is 17.4 Å². The summed E-state index contributed by atoms with van der Waals surface area (Å²) >= 11 is 7.88. The van der Waals surface area contributed by atoms with Gasteiger partial charge in [-0.15, -0.1) is 0 Å². The molecule has 0 radical (unpaired) electrons. The van der Waals surface area contributed by atoms with Gasteiger partial charge in [0.05, 0.1) is 15.9 Å². The van der Waals surface area contributed by atoms with E-state index in [-0.39, 0.29) is 10.6 Å². The normalized spacial score (nSPS) is 11.6. The molecule has 31 heavy (non-hydrogen) atoms. The molecule has 0 spiro atoms. The van der Waals surface area contributed by atoms with Crippen LogP contribution in [0.2, 0.25) is 5.02 Å². The van der Waals surface area contributed by atoms with Crippen LogP contribution in [0.5, 0.6) is 11.5 Å². The minimum absolute atomic E-state index is 0.00985. The lowest BCUT2D eigenvalue weighted by molar-refractivity contribution is 0.327. The average molecular weight is 570 g/mol. The minimum Gasteiger partial charge on any atom is -0.490 e. The molecule has 0 aliphatic rings. The maximum absolute atomic E-state index is 12.7. The number of rotatable bonds is 7. The Morgan fingerprint density at radius 2 is 1.77 bits per heavy atom. The van der Waals surface area contributed by atoms with Crippen molar-refractivity contribution >= 4 is 56.2 Å². The maximum Gasteiger partial charge on any atom is 0.339 e. The van der Waals surface area contributed by atoms with Crippen LogP contribution in [0.1, 0.15) is 23.6 Å². The predicted molar refractivity (Wildman–Crippen MR) is 133 cm³/mol. The van der Waals surface area contributed by atoms with Gasteiger partial charge in [0.1, 0.15) is 4.90 Å². The first-order valence-electron chi connectivity index (χ1n) is 9.47. The Morgan fingerprint density at radius 3 is 2.42 bits per heavy atom. The number of hydrogen-bond acceptors (Lipinski definition) is 5. The van der Waals surface area contributed by atoms with E-state index in [0.29, 0.717) is 20.9 Å². The molecular weight excluding hydrogens is 549 g/mol. The van der Waals surface area contributed by atoms with Gasteiger partial charge in [0.15, 0.2) is 11.5 Å². The van der Waals surface area contributed by atoms with E-state index in [1.165, 1.54) is 29.8 Å². The van der Waals surface area contributed by atoms with Gasteiger partial charge in [0, 0.05) is 11.2 Å². The van der Waals surface area contributed by atoms with Crippen molar-refractivity contribution in [1.29, 1.82) is 0 Å². The van der Waals surface area contributed by atoms with Gasteiger partial charge in [-0.1, -0.05) is 29.3 Å². The molecule has 3 rings (SSSR count). The van der Waals surface area contributed by atoms with Crippen molar-refractivity contribution in [2.24, 2.45) is 4.99 Å². The third-order valence-electron chi connectivity index (χ3n) is 4.33. The fraction of sp³-hybridized carbons (Fsp3) is 0.174. The van der Waals surface area contributed by atoms with Crippen LogP contribution in [-0.2, 0) is 10.1 Å². The van der Waals surface area contributed by atoms with Gasteiger partial charge in [-0.2, -0.15) is 8.42 Å². The third-order valence-corrected chi connectivity index (χ3v) is 6.62. The van der Waals surface area contributed by atoms with Crippen molar-refractivity contribution in [3.8, 4) is 11.5 Å². The Kier molecular flexibility index (Phi) is 7.61. The second-order valence-electron chi connectivity index (χ2n) is 6.80. The molecule has 0 saturated heterocycles. The van der Waals surface area contributed by atoms with Crippen LogP contribution in [0.15, 0.2) is 64.5 Å². The Balaban J connectivity index is 1.95. The molecule has 0 unspecified atom stereocenters. The first kappa shape index (κ1) is 23.6. The van der Waals surface area contributed by atoms with E-state index in [2.05, 4.69) is 11.1 Å². The Hall–Kier alpha value is -2.10. The second-order valence-corrected chi connectivity index (χ2v) is 9.95. The molecule has 0 heterocycles. The average Bonchev–Trinajstić information content (AvgIpc) is 2.70. The lowest BCUT2D eigenvalue weighted by Crippen LogP contribution is -2.12. The van der Waals surface area contributed by atoms with Crippen LogP contribution >= 0.6 is 34.2 Å².